The molecule has 1 aliphatic rings. The molecule has 2 atom stereocenters. The molecule has 9 heteroatoms. The lowest BCUT2D eigenvalue weighted by molar-refractivity contribution is -0.144. The van der Waals surface area contributed by atoms with E-state index in [1.807, 2.05) is 0 Å². The first kappa shape index (κ1) is 25.1. The standard InChI is InChI=1S/C27H24F3NO5/c1-4-36-22-14-16(12-13-21(22)35-3)23-26(2,25(33)34)20-11-6-5-10-19(20)24(32)31(23)18-9-7-8-17(15-18)27(28,29)30/h5-15,23H,4H2,1-3H3,(H,33,34)/t23-,26-/m1/s1. The van der Waals surface area contributed by atoms with Gasteiger partial charge in [0.05, 0.1) is 25.3 Å². The Kier molecular flexibility index (Phi) is 6.43. The van der Waals surface area contributed by atoms with E-state index in [0.29, 0.717) is 23.7 Å². The predicted molar refractivity (Wildman–Crippen MR) is 127 cm³/mol. The van der Waals surface area contributed by atoms with Crippen LogP contribution in [0.1, 0.15) is 46.9 Å². The molecule has 0 saturated carbocycles. The van der Waals surface area contributed by atoms with Gasteiger partial charge in [0, 0.05) is 11.3 Å². The van der Waals surface area contributed by atoms with E-state index in [4.69, 9.17) is 9.47 Å². The molecular weight excluding hydrogens is 475 g/mol. The van der Waals surface area contributed by atoms with Crippen molar-refractivity contribution in [2.45, 2.75) is 31.5 Å². The summed E-state index contributed by atoms with van der Waals surface area (Å²) in [6, 6.07) is 14.1. The summed E-state index contributed by atoms with van der Waals surface area (Å²) in [5.41, 5.74) is -2.00. The number of anilines is 1. The van der Waals surface area contributed by atoms with Crippen LogP contribution in [0, 0.1) is 0 Å². The minimum Gasteiger partial charge on any atom is -0.493 e. The van der Waals surface area contributed by atoms with Gasteiger partial charge >= 0.3 is 12.1 Å². The highest BCUT2D eigenvalue weighted by molar-refractivity contribution is 6.11. The van der Waals surface area contributed by atoms with Gasteiger partial charge < -0.3 is 14.6 Å². The smallest absolute Gasteiger partial charge is 0.416 e. The van der Waals surface area contributed by atoms with E-state index >= 15 is 0 Å². The number of rotatable bonds is 6. The number of alkyl halides is 3. The highest BCUT2D eigenvalue weighted by Crippen LogP contribution is 2.50. The summed E-state index contributed by atoms with van der Waals surface area (Å²) in [6.45, 7) is 3.53. The average Bonchev–Trinajstić information content (AvgIpc) is 2.85. The maximum atomic E-state index is 13.8. The van der Waals surface area contributed by atoms with Crippen molar-refractivity contribution in [3.63, 3.8) is 0 Å². The molecule has 3 aromatic carbocycles. The zero-order valence-corrected chi connectivity index (χ0v) is 19.8. The Morgan fingerprint density at radius 3 is 2.42 bits per heavy atom. The molecule has 0 spiro atoms. The van der Waals surface area contributed by atoms with E-state index in [0.717, 1.165) is 17.0 Å². The van der Waals surface area contributed by atoms with Crippen molar-refractivity contribution in [2.75, 3.05) is 18.6 Å². The fourth-order valence-electron chi connectivity index (χ4n) is 4.72. The molecule has 36 heavy (non-hydrogen) atoms. The molecule has 1 N–H and O–H groups in total. The summed E-state index contributed by atoms with van der Waals surface area (Å²) in [5.74, 6) is -1.13. The zero-order valence-electron chi connectivity index (χ0n) is 19.8. The number of carbonyl (C=O) groups excluding carboxylic acids is 1. The number of amides is 1. The van der Waals surface area contributed by atoms with Gasteiger partial charge in [0.15, 0.2) is 11.5 Å². The largest absolute Gasteiger partial charge is 0.493 e. The van der Waals surface area contributed by atoms with E-state index in [2.05, 4.69) is 0 Å². The minimum atomic E-state index is -4.65. The highest BCUT2D eigenvalue weighted by Gasteiger charge is 2.54. The van der Waals surface area contributed by atoms with Gasteiger partial charge in [0.25, 0.3) is 5.91 Å². The molecule has 1 aliphatic heterocycles. The molecule has 0 saturated heterocycles. The fraction of sp³-hybridized carbons (Fsp3) is 0.259. The third kappa shape index (κ3) is 4.04. The van der Waals surface area contributed by atoms with Crippen LogP contribution in [0.3, 0.4) is 0 Å². The van der Waals surface area contributed by atoms with Crippen LogP contribution in [0.25, 0.3) is 0 Å². The van der Waals surface area contributed by atoms with Crippen LogP contribution in [0.2, 0.25) is 0 Å². The van der Waals surface area contributed by atoms with Crippen molar-refractivity contribution in [1.29, 1.82) is 0 Å². The first-order chi connectivity index (χ1) is 17.0. The summed E-state index contributed by atoms with van der Waals surface area (Å²) in [5, 5.41) is 10.5. The van der Waals surface area contributed by atoms with Gasteiger partial charge in [-0.15, -0.1) is 0 Å². The van der Waals surface area contributed by atoms with E-state index < -0.39 is 35.1 Å². The van der Waals surface area contributed by atoms with Crippen molar-refractivity contribution in [2.24, 2.45) is 0 Å². The monoisotopic (exact) mass is 499 g/mol. The zero-order chi connectivity index (χ0) is 26.3. The van der Waals surface area contributed by atoms with Gasteiger partial charge in [-0.25, -0.2) is 0 Å². The SMILES string of the molecule is CCOc1cc([C@H]2N(c3cccc(C(F)(F)F)c3)C(=O)c3ccccc3[C@@]2(C)C(=O)O)ccc1OC. The highest BCUT2D eigenvalue weighted by atomic mass is 19.4. The Hall–Kier alpha value is -4.01. The van der Waals surface area contributed by atoms with Gasteiger partial charge in [-0.1, -0.05) is 30.3 Å². The molecule has 4 rings (SSSR count). The van der Waals surface area contributed by atoms with Crippen LogP contribution in [0.4, 0.5) is 18.9 Å². The predicted octanol–water partition coefficient (Wildman–Crippen LogP) is 5.86. The second kappa shape index (κ2) is 9.22. The van der Waals surface area contributed by atoms with Crippen molar-refractivity contribution in [1.82, 2.24) is 0 Å². The number of aliphatic carboxylic acids is 1. The van der Waals surface area contributed by atoms with Gasteiger partial charge in [0.1, 0.15) is 5.41 Å². The molecule has 3 aromatic rings. The van der Waals surface area contributed by atoms with Crippen LogP contribution in [0.15, 0.2) is 66.7 Å². The van der Waals surface area contributed by atoms with Crippen molar-refractivity contribution in [3.8, 4) is 11.5 Å². The molecule has 1 amide bonds. The molecule has 0 bridgehead atoms. The Morgan fingerprint density at radius 2 is 1.78 bits per heavy atom. The molecule has 0 unspecified atom stereocenters. The number of benzene rings is 3. The van der Waals surface area contributed by atoms with Gasteiger partial charge in [0.2, 0.25) is 0 Å². The Morgan fingerprint density at radius 1 is 1.06 bits per heavy atom. The van der Waals surface area contributed by atoms with Gasteiger partial charge in [-0.2, -0.15) is 13.2 Å². The molecule has 0 radical (unpaired) electrons. The number of carboxylic acid groups (broad SMARTS) is 1. The van der Waals surface area contributed by atoms with E-state index in [1.54, 1.807) is 43.3 Å². The third-order valence-electron chi connectivity index (χ3n) is 6.44. The minimum absolute atomic E-state index is 0.0735. The quantitative estimate of drug-likeness (QED) is 0.460. The van der Waals surface area contributed by atoms with E-state index in [9.17, 15) is 27.9 Å². The number of ether oxygens (including phenoxy) is 2. The van der Waals surface area contributed by atoms with E-state index in [1.165, 1.54) is 32.2 Å². The Labute approximate surface area is 205 Å². The number of halogens is 3. The Balaban J connectivity index is 2.04. The number of carboxylic acids is 1. The van der Waals surface area contributed by atoms with Gasteiger partial charge in [-0.05, 0) is 61.4 Å². The number of carbonyl (C=O) groups is 2. The lowest BCUT2D eigenvalue weighted by atomic mass is 9.68. The maximum absolute atomic E-state index is 13.8. The summed E-state index contributed by atoms with van der Waals surface area (Å²) in [7, 11) is 1.45. The van der Waals surface area contributed by atoms with Crippen molar-refractivity contribution >= 4 is 17.6 Å². The summed E-state index contributed by atoms with van der Waals surface area (Å²) >= 11 is 0. The Bertz CT molecular complexity index is 1320. The lowest BCUT2D eigenvalue weighted by Gasteiger charge is -2.47. The summed E-state index contributed by atoms with van der Waals surface area (Å²) < 4.78 is 51.7. The second-order valence-electron chi connectivity index (χ2n) is 8.52. The molecule has 188 valence electrons. The molecule has 0 fully saturated rings. The van der Waals surface area contributed by atoms with Crippen LogP contribution in [-0.4, -0.2) is 30.7 Å². The third-order valence-corrected chi connectivity index (χ3v) is 6.44. The topological polar surface area (TPSA) is 76.1 Å². The number of hydrogen-bond donors (Lipinski definition) is 1. The number of hydrogen-bond acceptors (Lipinski definition) is 4. The molecule has 6 nitrogen and oxygen atoms in total. The van der Waals surface area contributed by atoms with Crippen molar-refractivity contribution in [3.05, 3.63) is 89.0 Å². The van der Waals surface area contributed by atoms with Crippen molar-refractivity contribution < 1.29 is 37.3 Å². The number of fused-ring (bicyclic) bond motifs is 1. The first-order valence-electron chi connectivity index (χ1n) is 11.2. The second-order valence-corrected chi connectivity index (χ2v) is 8.52. The average molecular weight is 499 g/mol. The van der Waals surface area contributed by atoms with Crippen LogP contribution in [0.5, 0.6) is 11.5 Å². The van der Waals surface area contributed by atoms with Crippen LogP contribution in [-0.2, 0) is 16.4 Å². The normalized spacial score (nSPS) is 19.6. The maximum Gasteiger partial charge on any atom is 0.416 e. The first-order valence-corrected chi connectivity index (χ1v) is 11.2. The lowest BCUT2D eigenvalue weighted by Crippen LogP contribution is -2.54. The van der Waals surface area contributed by atoms with E-state index in [-0.39, 0.29) is 16.8 Å². The molecule has 1 heterocycles. The van der Waals surface area contributed by atoms with Gasteiger partial charge in [-0.3, -0.25) is 14.5 Å². The number of nitrogens with zero attached hydrogens (tertiary/aromatic N) is 1. The van der Waals surface area contributed by atoms with Crippen LogP contribution >= 0.6 is 0 Å². The molecule has 0 aliphatic carbocycles. The fourth-order valence-corrected chi connectivity index (χ4v) is 4.72. The molecular formula is C27H24F3NO5. The molecule has 0 aromatic heterocycles. The van der Waals surface area contributed by atoms with Crippen LogP contribution < -0.4 is 14.4 Å². The number of methoxy groups -OCH3 is 1. The summed E-state index contributed by atoms with van der Waals surface area (Å²) in [4.78, 5) is 27.8. The summed E-state index contributed by atoms with van der Waals surface area (Å²) in [6.07, 6.45) is -4.65.